The fourth-order valence-electron chi connectivity index (χ4n) is 2.55. The minimum atomic E-state index is 0.231. The number of hydrogen-bond acceptors (Lipinski definition) is 3. The molecule has 4 heteroatoms. The van der Waals surface area contributed by atoms with Crippen LogP contribution in [0.2, 0.25) is 0 Å². The van der Waals surface area contributed by atoms with Crippen molar-refractivity contribution in [3.05, 3.63) is 41.6 Å². The van der Waals surface area contributed by atoms with Crippen molar-refractivity contribution < 1.29 is 0 Å². The van der Waals surface area contributed by atoms with Gasteiger partial charge in [0.1, 0.15) is 0 Å². The number of para-hydroxylation sites is 1. The summed E-state index contributed by atoms with van der Waals surface area (Å²) in [6.07, 6.45) is 0. The fourth-order valence-corrected chi connectivity index (χ4v) is 2.62. The number of nitrogens with two attached hydrogens (primary N) is 1. The maximum atomic E-state index is 5.74. The zero-order valence-electron chi connectivity index (χ0n) is 13.0. The van der Waals surface area contributed by atoms with Crippen LogP contribution in [0.5, 0.6) is 0 Å². The monoisotopic (exact) mass is 301 g/mol. The summed E-state index contributed by atoms with van der Waals surface area (Å²) in [6.45, 7) is 9.06. The molecule has 0 aliphatic heterocycles. The topological polar surface area (TPSA) is 42.2 Å². The molecule has 0 saturated carbocycles. The van der Waals surface area contributed by atoms with Crippen LogP contribution < -0.4 is 5.73 Å². The first-order chi connectivity index (χ1) is 10.0. The molecular formula is C17H23N3S. The average Bonchev–Trinajstić information content (AvgIpc) is 2.46. The van der Waals surface area contributed by atoms with E-state index in [0.717, 1.165) is 30.8 Å². The highest BCUT2D eigenvalue weighted by atomic mass is 32.1. The molecule has 112 valence electrons. The van der Waals surface area contributed by atoms with Gasteiger partial charge in [-0.2, -0.15) is 0 Å². The molecule has 3 nitrogen and oxygen atoms in total. The minimum absolute atomic E-state index is 0.231. The van der Waals surface area contributed by atoms with Gasteiger partial charge in [-0.15, -0.1) is 0 Å². The van der Waals surface area contributed by atoms with E-state index in [1.165, 1.54) is 10.9 Å². The normalized spacial score (nSPS) is 12.8. The van der Waals surface area contributed by atoms with Crippen molar-refractivity contribution in [2.24, 2.45) is 11.7 Å². The van der Waals surface area contributed by atoms with Crippen molar-refractivity contribution in [3.63, 3.8) is 0 Å². The molecule has 0 amide bonds. The lowest BCUT2D eigenvalue weighted by atomic mass is 10.1. The molecule has 1 aromatic carbocycles. The quantitative estimate of drug-likeness (QED) is 0.831. The summed E-state index contributed by atoms with van der Waals surface area (Å²) in [5.74, 6) is 0.231. The van der Waals surface area contributed by atoms with Crippen LogP contribution in [0, 0.1) is 12.8 Å². The first-order valence-electron chi connectivity index (χ1n) is 7.38. The Kier molecular flexibility index (Phi) is 5.26. The van der Waals surface area contributed by atoms with E-state index in [-0.39, 0.29) is 5.92 Å². The standard InChI is InChI=1S/C17H23N3S/c1-4-20(10-12(2)17(18)21)11-14-9-13(3)19-16-8-6-5-7-15(14)16/h5-9,12H,4,10-11H2,1-3H3,(H2,18,21). The van der Waals surface area contributed by atoms with E-state index < -0.39 is 0 Å². The molecule has 1 unspecified atom stereocenters. The van der Waals surface area contributed by atoms with Crippen molar-refractivity contribution in [2.75, 3.05) is 13.1 Å². The van der Waals surface area contributed by atoms with Crippen LogP contribution in [-0.4, -0.2) is 28.0 Å². The van der Waals surface area contributed by atoms with Gasteiger partial charge in [-0.3, -0.25) is 9.88 Å². The van der Waals surface area contributed by atoms with Gasteiger partial charge in [-0.1, -0.05) is 44.3 Å². The number of nitrogens with zero attached hydrogens (tertiary/aromatic N) is 2. The predicted molar refractivity (Wildman–Crippen MR) is 93.4 cm³/mol. The number of aromatic nitrogens is 1. The number of pyridine rings is 1. The van der Waals surface area contributed by atoms with Crippen molar-refractivity contribution in [1.29, 1.82) is 0 Å². The predicted octanol–water partition coefficient (Wildman–Crippen LogP) is 3.29. The van der Waals surface area contributed by atoms with E-state index in [1.807, 2.05) is 13.0 Å². The van der Waals surface area contributed by atoms with Gasteiger partial charge in [0.05, 0.1) is 10.5 Å². The Balaban J connectivity index is 2.27. The van der Waals surface area contributed by atoms with E-state index in [9.17, 15) is 0 Å². The van der Waals surface area contributed by atoms with Gasteiger partial charge in [0, 0.05) is 30.1 Å². The van der Waals surface area contributed by atoms with Gasteiger partial charge >= 0.3 is 0 Å². The van der Waals surface area contributed by atoms with Gasteiger partial charge in [-0.05, 0) is 31.2 Å². The number of thiocarbonyl (C=S) groups is 1. The molecule has 0 spiro atoms. The highest BCUT2D eigenvalue weighted by Gasteiger charge is 2.13. The maximum absolute atomic E-state index is 5.74. The third-order valence-corrected chi connectivity index (χ3v) is 4.19. The van der Waals surface area contributed by atoms with E-state index in [1.54, 1.807) is 0 Å². The van der Waals surface area contributed by atoms with Gasteiger partial charge in [0.25, 0.3) is 0 Å². The van der Waals surface area contributed by atoms with Crippen LogP contribution in [0.3, 0.4) is 0 Å². The average molecular weight is 301 g/mol. The van der Waals surface area contributed by atoms with E-state index >= 15 is 0 Å². The second kappa shape index (κ2) is 6.96. The molecule has 1 heterocycles. The lowest BCUT2D eigenvalue weighted by Crippen LogP contribution is -2.33. The molecule has 21 heavy (non-hydrogen) atoms. The molecule has 2 N–H and O–H groups in total. The van der Waals surface area contributed by atoms with Gasteiger partial charge in [0.2, 0.25) is 0 Å². The molecular weight excluding hydrogens is 278 g/mol. The second-order valence-electron chi connectivity index (χ2n) is 5.57. The van der Waals surface area contributed by atoms with Crippen molar-refractivity contribution >= 4 is 28.1 Å². The highest BCUT2D eigenvalue weighted by molar-refractivity contribution is 7.80. The number of benzene rings is 1. The van der Waals surface area contributed by atoms with E-state index in [2.05, 4.69) is 48.0 Å². The summed E-state index contributed by atoms with van der Waals surface area (Å²) >= 11 is 5.09. The van der Waals surface area contributed by atoms with Crippen LogP contribution in [0.1, 0.15) is 25.1 Å². The van der Waals surface area contributed by atoms with Gasteiger partial charge in [-0.25, -0.2) is 0 Å². The zero-order chi connectivity index (χ0) is 15.4. The van der Waals surface area contributed by atoms with Crippen LogP contribution in [0.15, 0.2) is 30.3 Å². The third kappa shape index (κ3) is 3.99. The fraction of sp³-hybridized carbons (Fsp3) is 0.412. The summed E-state index contributed by atoms with van der Waals surface area (Å²) < 4.78 is 0. The Morgan fingerprint density at radius 2 is 2.10 bits per heavy atom. The smallest absolute Gasteiger partial charge is 0.0768 e. The molecule has 0 aliphatic carbocycles. The molecule has 0 bridgehead atoms. The molecule has 1 atom stereocenters. The second-order valence-corrected chi connectivity index (χ2v) is 6.04. The van der Waals surface area contributed by atoms with Crippen LogP contribution in [-0.2, 0) is 6.54 Å². The minimum Gasteiger partial charge on any atom is -0.393 e. The first kappa shape index (κ1) is 15.9. The first-order valence-corrected chi connectivity index (χ1v) is 7.79. The van der Waals surface area contributed by atoms with Crippen LogP contribution >= 0.6 is 12.2 Å². The Labute approximate surface area is 132 Å². The van der Waals surface area contributed by atoms with Crippen LogP contribution in [0.4, 0.5) is 0 Å². The SMILES string of the molecule is CCN(Cc1cc(C)nc2ccccc12)CC(C)C(N)=S. The summed E-state index contributed by atoms with van der Waals surface area (Å²) in [5, 5.41) is 1.23. The molecule has 0 radical (unpaired) electrons. The van der Waals surface area contributed by atoms with E-state index in [0.29, 0.717) is 4.99 Å². The van der Waals surface area contributed by atoms with Gasteiger partial charge in [0.15, 0.2) is 0 Å². The molecule has 0 fully saturated rings. The Bertz CT molecular complexity index is 639. The molecule has 0 aliphatic rings. The van der Waals surface area contributed by atoms with Gasteiger partial charge < -0.3 is 5.73 Å². The summed E-state index contributed by atoms with van der Waals surface area (Å²) in [4.78, 5) is 7.57. The summed E-state index contributed by atoms with van der Waals surface area (Å²) in [5.41, 5.74) is 9.18. The summed E-state index contributed by atoms with van der Waals surface area (Å²) in [7, 11) is 0. The number of hydrogen-bond donors (Lipinski definition) is 1. The Morgan fingerprint density at radius 3 is 2.76 bits per heavy atom. The molecule has 2 aromatic rings. The maximum Gasteiger partial charge on any atom is 0.0768 e. The molecule has 1 aromatic heterocycles. The number of fused-ring (bicyclic) bond motifs is 1. The third-order valence-electron chi connectivity index (χ3n) is 3.79. The number of rotatable bonds is 6. The Morgan fingerprint density at radius 1 is 1.38 bits per heavy atom. The molecule has 0 saturated heterocycles. The largest absolute Gasteiger partial charge is 0.393 e. The van der Waals surface area contributed by atoms with Crippen molar-refractivity contribution in [1.82, 2.24) is 9.88 Å². The lowest BCUT2D eigenvalue weighted by Gasteiger charge is -2.24. The molecule has 2 rings (SSSR count). The Hall–Kier alpha value is -1.52. The highest BCUT2D eigenvalue weighted by Crippen LogP contribution is 2.20. The van der Waals surface area contributed by atoms with Crippen molar-refractivity contribution in [3.8, 4) is 0 Å². The summed E-state index contributed by atoms with van der Waals surface area (Å²) in [6, 6.07) is 10.5. The van der Waals surface area contributed by atoms with Crippen LogP contribution in [0.25, 0.3) is 10.9 Å². The lowest BCUT2D eigenvalue weighted by molar-refractivity contribution is 0.265. The van der Waals surface area contributed by atoms with Crippen molar-refractivity contribution in [2.45, 2.75) is 27.3 Å². The zero-order valence-corrected chi connectivity index (χ0v) is 13.8. The number of aryl methyl sites for hydroxylation is 1. The van der Waals surface area contributed by atoms with E-state index in [4.69, 9.17) is 18.0 Å².